The van der Waals surface area contributed by atoms with Crippen molar-refractivity contribution < 1.29 is 14.6 Å². The second kappa shape index (κ2) is 9.79. The normalized spacial score (nSPS) is 11.7. The lowest BCUT2D eigenvalue weighted by molar-refractivity contribution is -0.115. The number of nitrogens with one attached hydrogen (secondary N) is 1. The number of carbonyl (C=O) groups is 1. The number of hydrogen-bond acceptors (Lipinski definition) is 6. The molecule has 1 aromatic heterocycles. The van der Waals surface area contributed by atoms with Crippen LogP contribution in [-0.2, 0) is 4.79 Å². The molecule has 2 N–H and O–H groups in total. The van der Waals surface area contributed by atoms with Gasteiger partial charge in [-0.1, -0.05) is 29.5 Å². The second-order valence-electron chi connectivity index (χ2n) is 7.50. The molecule has 0 aliphatic rings. The van der Waals surface area contributed by atoms with Crippen LogP contribution in [0.4, 0.5) is 5.69 Å². The quantitative estimate of drug-likeness (QED) is 0.374. The lowest BCUT2D eigenvalue weighted by atomic mass is 10.2. The van der Waals surface area contributed by atoms with E-state index in [0.717, 1.165) is 28.3 Å². The molecule has 0 saturated heterocycles. The lowest BCUT2D eigenvalue weighted by Crippen LogP contribution is -2.22. The maximum atomic E-state index is 12.8. The Balaban J connectivity index is 1.64. The fourth-order valence-corrected chi connectivity index (χ4v) is 4.07. The second-order valence-corrected chi connectivity index (χ2v) is 8.81. The van der Waals surface area contributed by atoms with Gasteiger partial charge in [-0.25, -0.2) is 0 Å². The van der Waals surface area contributed by atoms with Crippen molar-refractivity contribution in [2.24, 2.45) is 0 Å². The van der Waals surface area contributed by atoms with Crippen LogP contribution in [0.5, 0.6) is 11.5 Å². The first-order chi connectivity index (χ1) is 15.9. The Morgan fingerprint density at radius 1 is 1.00 bits per heavy atom. The molecule has 4 aromatic rings. The van der Waals surface area contributed by atoms with Gasteiger partial charge in [0, 0.05) is 16.9 Å². The summed E-state index contributed by atoms with van der Waals surface area (Å²) in [6.07, 6.45) is 0. The summed E-state index contributed by atoms with van der Waals surface area (Å²) in [4.78, 5) is 12.8. The number of aromatic hydroxyl groups is 1. The average molecular weight is 461 g/mol. The average Bonchev–Trinajstić information content (AvgIpc) is 3.24. The molecule has 7 nitrogen and oxygen atoms in total. The Bertz CT molecular complexity index is 1240. The minimum absolute atomic E-state index is 0.126. The van der Waals surface area contributed by atoms with Crippen LogP contribution in [0.15, 0.2) is 78.0 Å². The molecule has 0 radical (unpaired) electrons. The summed E-state index contributed by atoms with van der Waals surface area (Å²) in [7, 11) is 1.62. The van der Waals surface area contributed by atoms with Crippen LogP contribution >= 0.6 is 11.8 Å². The van der Waals surface area contributed by atoms with E-state index in [9.17, 15) is 9.90 Å². The molecule has 0 spiro atoms. The van der Waals surface area contributed by atoms with E-state index >= 15 is 0 Å². The van der Waals surface area contributed by atoms with Crippen LogP contribution < -0.4 is 10.1 Å². The van der Waals surface area contributed by atoms with E-state index in [-0.39, 0.29) is 11.7 Å². The maximum absolute atomic E-state index is 12.8. The van der Waals surface area contributed by atoms with Gasteiger partial charge in [-0.2, -0.15) is 0 Å². The number of hydrogen-bond donors (Lipinski definition) is 2. The van der Waals surface area contributed by atoms with E-state index in [1.807, 2.05) is 66.9 Å². The molecule has 1 heterocycles. The fraction of sp³-hybridized carbons (Fsp3) is 0.160. The number of aromatic nitrogens is 3. The van der Waals surface area contributed by atoms with Gasteiger partial charge in [0.15, 0.2) is 11.0 Å². The molecule has 0 aliphatic heterocycles. The zero-order valence-electron chi connectivity index (χ0n) is 18.5. The number of methoxy groups -OCH3 is 1. The van der Waals surface area contributed by atoms with E-state index < -0.39 is 5.25 Å². The van der Waals surface area contributed by atoms with Crippen molar-refractivity contribution in [1.82, 2.24) is 14.8 Å². The summed E-state index contributed by atoms with van der Waals surface area (Å²) in [5.41, 5.74) is 3.50. The summed E-state index contributed by atoms with van der Waals surface area (Å²) in [5.74, 6) is 1.39. The largest absolute Gasteiger partial charge is 0.508 e. The molecular formula is C25H24N4O3S. The monoisotopic (exact) mass is 460 g/mol. The fourth-order valence-electron chi connectivity index (χ4n) is 3.20. The van der Waals surface area contributed by atoms with E-state index in [0.29, 0.717) is 11.0 Å². The molecule has 3 aromatic carbocycles. The zero-order valence-corrected chi connectivity index (χ0v) is 19.3. The van der Waals surface area contributed by atoms with Gasteiger partial charge in [0.25, 0.3) is 0 Å². The molecular weight excluding hydrogens is 436 g/mol. The van der Waals surface area contributed by atoms with E-state index in [1.165, 1.54) is 11.8 Å². The number of benzene rings is 3. The molecule has 33 heavy (non-hydrogen) atoms. The molecule has 168 valence electrons. The maximum Gasteiger partial charge on any atom is 0.237 e. The van der Waals surface area contributed by atoms with Crippen molar-refractivity contribution in [1.29, 1.82) is 0 Å². The Morgan fingerprint density at radius 2 is 1.67 bits per heavy atom. The number of anilines is 1. The van der Waals surface area contributed by atoms with Crippen LogP contribution in [0.1, 0.15) is 12.5 Å². The van der Waals surface area contributed by atoms with Gasteiger partial charge in [0.05, 0.1) is 12.4 Å². The number of ether oxygens (including phenoxy) is 1. The summed E-state index contributed by atoms with van der Waals surface area (Å²) in [5, 5.41) is 21.5. The minimum Gasteiger partial charge on any atom is -0.508 e. The number of nitrogens with zero attached hydrogens (tertiary/aromatic N) is 3. The predicted octanol–water partition coefficient (Wildman–Crippen LogP) is 5.08. The zero-order chi connectivity index (χ0) is 23.4. The number of phenolic OH excluding ortho intramolecular Hbond substituents is 1. The van der Waals surface area contributed by atoms with Crippen molar-refractivity contribution in [2.75, 3.05) is 12.4 Å². The molecule has 0 saturated carbocycles. The van der Waals surface area contributed by atoms with Gasteiger partial charge in [0.2, 0.25) is 5.91 Å². The summed E-state index contributed by atoms with van der Waals surface area (Å²) in [6, 6.07) is 22.0. The van der Waals surface area contributed by atoms with E-state index in [1.54, 1.807) is 31.4 Å². The van der Waals surface area contributed by atoms with Crippen LogP contribution in [0.25, 0.3) is 17.1 Å². The third kappa shape index (κ3) is 5.18. The number of carbonyl (C=O) groups excluding carboxylic acids is 1. The van der Waals surface area contributed by atoms with Crippen molar-refractivity contribution in [2.45, 2.75) is 24.3 Å². The Hall–Kier alpha value is -3.78. The number of rotatable bonds is 7. The topological polar surface area (TPSA) is 89.3 Å². The molecule has 0 fully saturated rings. The third-order valence-electron chi connectivity index (χ3n) is 5.06. The smallest absolute Gasteiger partial charge is 0.237 e. The minimum atomic E-state index is -0.417. The highest BCUT2D eigenvalue weighted by atomic mass is 32.2. The SMILES string of the molecule is COc1ccc(-n2c(S[C@H](C)C(=O)Nc3ccc(C)cc3)nnc2-c2ccc(O)cc2)cc1. The van der Waals surface area contributed by atoms with E-state index in [2.05, 4.69) is 15.5 Å². The third-order valence-corrected chi connectivity index (χ3v) is 6.10. The Morgan fingerprint density at radius 3 is 2.30 bits per heavy atom. The van der Waals surface area contributed by atoms with Crippen molar-refractivity contribution in [3.05, 3.63) is 78.4 Å². The summed E-state index contributed by atoms with van der Waals surface area (Å²) >= 11 is 1.32. The lowest BCUT2D eigenvalue weighted by Gasteiger charge is -2.14. The van der Waals surface area contributed by atoms with Gasteiger partial charge in [-0.05, 0) is 74.5 Å². The first kappa shape index (κ1) is 22.4. The van der Waals surface area contributed by atoms with Gasteiger partial charge in [0.1, 0.15) is 11.5 Å². The number of thioether (sulfide) groups is 1. The standard InChI is InChI=1S/C25H24N4O3S/c1-16-4-8-19(9-5-16)26-24(31)17(2)33-25-28-27-23(18-6-12-21(30)13-7-18)29(25)20-10-14-22(32-3)15-11-20/h4-15,17,30H,1-3H3,(H,26,31)/t17-/m1/s1. The molecule has 0 bridgehead atoms. The van der Waals surface area contributed by atoms with Crippen molar-refractivity contribution in [3.8, 4) is 28.6 Å². The highest BCUT2D eigenvalue weighted by Crippen LogP contribution is 2.31. The first-order valence-electron chi connectivity index (χ1n) is 10.4. The molecule has 1 amide bonds. The van der Waals surface area contributed by atoms with E-state index in [4.69, 9.17) is 4.74 Å². The molecule has 0 unspecified atom stereocenters. The Labute approximate surface area is 196 Å². The Kier molecular flexibility index (Phi) is 6.65. The molecule has 1 atom stereocenters. The van der Waals surface area contributed by atoms with Crippen LogP contribution in [0.3, 0.4) is 0 Å². The van der Waals surface area contributed by atoms with Crippen LogP contribution in [0, 0.1) is 6.92 Å². The number of phenols is 1. The van der Waals surface area contributed by atoms with Crippen LogP contribution in [-0.4, -0.2) is 38.1 Å². The summed E-state index contributed by atoms with van der Waals surface area (Å²) in [6.45, 7) is 3.84. The number of amides is 1. The van der Waals surface area contributed by atoms with Gasteiger partial charge in [-0.3, -0.25) is 9.36 Å². The van der Waals surface area contributed by atoms with Crippen LogP contribution in [0.2, 0.25) is 0 Å². The first-order valence-corrected chi connectivity index (χ1v) is 11.3. The van der Waals surface area contributed by atoms with Gasteiger partial charge >= 0.3 is 0 Å². The van der Waals surface area contributed by atoms with Gasteiger partial charge in [-0.15, -0.1) is 10.2 Å². The van der Waals surface area contributed by atoms with Crippen molar-refractivity contribution in [3.63, 3.8) is 0 Å². The highest BCUT2D eigenvalue weighted by molar-refractivity contribution is 8.00. The molecule has 4 rings (SSSR count). The summed E-state index contributed by atoms with van der Waals surface area (Å²) < 4.78 is 7.17. The molecule has 8 heteroatoms. The van der Waals surface area contributed by atoms with Crippen molar-refractivity contribution >= 4 is 23.4 Å². The molecule has 0 aliphatic carbocycles. The van der Waals surface area contributed by atoms with Gasteiger partial charge < -0.3 is 15.2 Å². The highest BCUT2D eigenvalue weighted by Gasteiger charge is 2.22. The predicted molar refractivity (Wildman–Crippen MR) is 130 cm³/mol. The number of aryl methyl sites for hydroxylation is 1.